The zero-order valence-electron chi connectivity index (χ0n) is 10.7. The predicted octanol–water partition coefficient (Wildman–Crippen LogP) is -0.370. The van der Waals surface area contributed by atoms with E-state index in [9.17, 15) is 9.59 Å². The molecule has 0 fully saturated rings. The van der Waals surface area contributed by atoms with Gasteiger partial charge in [-0.1, -0.05) is 5.92 Å². The highest BCUT2D eigenvalue weighted by Gasteiger charge is 2.13. The largest absolute Gasteiger partial charge is 0.354 e. The molecule has 2 amide bonds. The predicted molar refractivity (Wildman–Crippen MR) is 67.2 cm³/mol. The molecule has 0 unspecified atom stereocenters. The van der Waals surface area contributed by atoms with Gasteiger partial charge in [0.1, 0.15) is 0 Å². The van der Waals surface area contributed by atoms with Gasteiger partial charge in [-0.15, -0.1) is 6.42 Å². The van der Waals surface area contributed by atoms with Crippen LogP contribution in [-0.2, 0) is 9.59 Å². The lowest BCUT2D eigenvalue weighted by atomic mass is 10.1. The summed E-state index contributed by atoms with van der Waals surface area (Å²) in [6, 6.07) is 0. The van der Waals surface area contributed by atoms with Crippen LogP contribution >= 0.6 is 0 Å². The summed E-state index contributed by atoms with van der Waals surface area (Å²) in [5.74, 6) is 2.13. The van der Waals surface area contributed by atoms with Crippen LogP contribution in [0.1, 0.15) is 27.2 Å². The fraction of sp³-hybridized carbons (Fsp3) is 0.667. The van der Waals surface area contributed by atoms with E-state index in [0.29, 0.717) is 13.1 Å². The summed E-state index contributed by atoms with van der Waals surface area (Å²) in [6.45, 7) is 6.59. The Morgan fingerprint density at radius 1 is 1.24 bits per heavy atom. The van der Waals surface area contributed by atoms with E-state index in [1.807, 2.05) is 20.8 Å². The van der Waals surface area contributed by atoms with E-state index in [4.69, 9.17) is 6.42 Å². The van der Waals surface area contributed by atoms with E-state index in [1.165, 1.54) is 0 Å². The van der Waals surface area contributed by atoms with Crippen molar-refractivity contribution in [2.24, 2.45) is 0 Å². The molecular weight excluding hydrogens is 218 g/mol. The first-order chi connectivity index (χ1) is 7.85. The van der Waals surface area contributed by atoms with Gasteiger partial charge in [-0.3, -0.25) is 14.9 Å². The number of carbonyl (C=O) groups excluding carboxylic acids is 2. The normalized spacial score (nSPS) is 10.5. The summed E-state index contributed by atoms with van der Waals surface area (Å²) in [6.07, 6.45) is 5.29. The number of hydrogen-bond acceptors (Lipinski definition) is 3. The molecule has 0 spiro atoms. The third-order valence-corrected chi connectivity index (χ3v) is 1.70. The fourth-order valence-electron chi connectivity index (χ4n) is 1.11. The molecule has 0 aliphatic carbocycles. The second-order valence-corrected chi connectivity index (χ2v) is 4.71. The first-order valence-corrected chi connectivity index (χ1v) is 5.57. The van der Waals surface area contributed by atoms with Gasteiger partial charge in [-0.25, -0.2) is 0 Å². The van der Waals surface area contributed by atoms with Crippen LogP contribution in [0, 0.1) is 12.3 Å². The molecule has 5 nitrogen and oxygen atoms in total. The average molecular weight is 239 g/mol. The van der Waals surface area contributed by atoms with Crippen molar-refractivity contribution in [1.82, 2.24) is 16.0 Å². The van der Waals surface area contributed by atoms with Gasteiger partial charge in [-0.2, -0.15) is 0 Å². The molecule has 0 atom stereocenters. The molecule has 0 radical (unpaired) electrons. The van der Waals surface area contributed by atoms with Crippen LogP contribution in [0.3, 0.4) is 0 Å². The van der Waals surface area contributed by atoms with Crippen LogP contribution in [0.25, 0.3) is 0 Å². The minimum atomic E-state index is -0.241. The van der Waals surface area contributed by atoms with Gasteiger partial charge in [0.25, 0.3) is 0 Å². The van der Waals surface area contributed by atoms with Gasteiger partial charge in [0.15, 0.2) is 0 Å². The van der Waals surface area contributed by atoms with Crippen molar-refractivity contribution < 1.29 is 9.59 Å². The lowest BCUT2D eigenvalue weighted by Crippen LogP contribution is -2.42. The lowest BCUT2D eigenvalue weighted by Gasteiger charge is -2.20. The first-order valence-electron chi connectivity index (χ1n) is 5.57. The van der Waals surface area contributed by atoms with Crippen LogP contribution in [-0.4, -0.2) is 37.0 Å². The monoisotopic (exact) mass is 239 g/mol. The van der Waals surface area contributed by atoms with E-state index < -0.39 is 0 Å². The van der Waals surface area contributed by atoms with Crippen LogP contribution in [0.2, 0.25) is 0 Å². The van der Waals surface area contributed by atoms with E-state index in [0.717, 1.165) is 0 Å². The van der Waals surface area contributed by atoms with Crippen molar-refractivity contribution in [2.45, 2.75) is 32.7 Å². The molecule has 0 saturated carbocycles. The summed E-state index contributed by atoms with van der Waals surface area (Å²) >= 11 is 0. The van der Waals surface area contributed by atoms with Gasteiger partial charge < -0.3 is 10.6 Å². The molecule has 5 heteroatoms. The molecule has 0 saturated heterocycles. The number of rotatable bonds is 6. The van der Waals surface area contributed by atoms with Crippen molar-refractivity contribution in [3.63, 3.8) is 0 Å². The zero-order chi connectivity index (χ0) is 13.3. The quantitative estimate of drug-likeness (QED) is 0.437. The van der Waals surface area contributed by atoms with E-state index in [-0.39, 0.29) is 30.3 Å². The Morgan fingerprint density at radius 2 is 1.88 bits per heavy atom. The number of hydrogen-bond donors (Lipinski definition) is 3. The maximum Gasteiger partial charge on any atom is 0.233 e. The van der Waals surface area contributed by atoms with Crippen LogP contribution < -0.4 is 16.0 Å². The number of nitrogens with one attached hydrogen (secondary N) is 3. The summed E-state index contributed by atoms with van der Waals surface area (Å²) < 4.78 is 0. The third kappa shape index (κ3) is 10.7. The van der Waals surface area contributed by atoms with E-state index >= 15 is 0 Å². The molecule has 17 heavy (non-hydrogen) atoms. The Bertz CT molecular complexity index is 300. The van der Waals surface area contributed by atoms with Crippen LogP contribution in [0.5, 0.6) is 0 Å². The van der Waals surface area contributed by atoms with Crippen LogP contribution in [0.15, 0.2) is 0 Å². The number of terminal acetylenes is 1. The van der Waals surface area contributed by atoms with Crippen molar-refractivity contribution in [3.8, 4) is 12.3 Å². The highest BCUT2D eigenvalue weighted by atomic mass is 16.2. The number of carbonyl (C=O) groups is 2. The highest BCUT2D eigenvalue weighted by molar-refractivity contribution is 5.80. The average Bonchev–Trinajstić information content (AvgIpc) is 2.15. The maximum absolute atomic E-state index is 11.4. The molecule has 0 aromatic heterocycles. The zero-order valence-corrected chi connectivity index (χ0v) is 10.7. The smallest absolute Gasteiger partial charge is 0.233 e. The van der Waals surface area contributed by atoms with Gasteiger partial charge in [0, 0.05) is 18.5 Å². The lowest BCUT2D eigenvalue weighted by molar-refractivity contribution is -0.122. The Morgan fingerprint density at radius 3 is 2.41 bits per heavy atom. The molecule has 96 valence electrons. The molecule has 0 aliphatic heterocycles. The second-order valence-electron chi connectivity index (χ2n) is 4.71. The van der Waals surface area contributed by atoms with E-state index in [1.54, 1.807) is 0 Å². The number of amides is 2. The molecule has 0 heterocycles. The van der Waals surface area contributed by atoms with Gasteiger partial charge in [-0.05, 0) is 20.8 Å². The topological polar surface area (TPSA) is 70.2 Å². The Labute approximate surface area is 103 Å². The minimum Gasteiger partial charge on any atom is -0.354 e. The molecule has 3 N–H and O–H groups in total. The standard InChI is InChI=1S/C12H21N3O2/c1-5-7-13-9-11(17)14-8-6-10(16)15-12(2,3)4/h1,13H,6-9H2,2-4H3,(H,14,17)(H,15,16). The molecule has 0 aromatic carbocycles. The van der Waals surface area contributed by atoms with Crippen LogP contribution in [0.4, 0.5) is 0 Å². The molecule has 0 bridgehead atoms. The van der Waals surface area contributed by atoms with Crippen molar-refractivity contribution >= 4 is 11.8 Å². The summed E-state index contributed by atoms with van der Waals surface area (Å²) in [5, 5.41) is 8.20. The van der Waals surface area contributed by atoms with Crippen molar-refractivity contribution in [2.75, 3.05) is 19.6 Å². The van der Waals surface area contributed by atoms with Crippen molar-refractivity contribution in [1.29, 1.82) is 0 Å². The minimum absolute atomic E-state index is 0.0746. The molecule has 0 aromatic rings. The SMILES string of the molecule is C#CCNCC(=O)NCCC(=O)NC(C)(C)C. The summed E-state index contributed by atoms with van der Waals surface area (Å²) in [4.78, 5) is 22.6. The Balaban J connectivity index is 3.60. The van der Waals surface area contributed by atoms with Gasteiger partial charge >= 0.3 is 0 Å². The Kier molecular flexibility index (Phi) is 6.99. The third-order valence-electron chi connectivity index (χ3n) is 1.70. The summed E-state index contributed by atoms with van der Waals surface area (Å²) in [5.41, 5.74) is -0.241. The van der Waals surface area contributed by atoms with Gasteiger partial charge in [0.05, 0.1) is 13.1 Å². The highest BCUT2D eigenvalue weighted by Crippen LogP contribution is 1.98. The Hall–Kier alpha value is -1.54. The first kappa shape index (κ1) is 15.5. The fourth-order valence-corrected chi connectivity index (χ4v) is 1.11. The van der Waals surface area contributed by atoms with Crippen molar-refractivity contribution in [3.05, 3.63) is 0 Å². The maximum atomic E-state index is 11.4. The van der Waals surface area contributed by atoms with E-state index in [2.05, 4.69) is 21.9 Å². The molecule has 0 aliphatic rings. The summed E-state index contributed by atoms with van der Waals surface area (Å²) in [7, 11) is 0. The van der Waals surface area contributed by atoms with Gasteiger partial charge in [0.2, 0.25) is 11.8 Å². The second kappa shape index (κ2) is 7.69. The molecule has 0 rings (SSSR count). The molecular formula is C12H21N3O2.